The van der Waals surface area contributed by atoms with Crippen molar-refractivity contribution in [3.05, 3.63) is 23.3 Å². The predicted octanol–water partition coefficient (Wildman–Crippen LogP) is 2.73. The van der Waals surface area contributed by atoms with E-state index in [1.807, 2.05) is 0 Å². The van der Waals surface area contributed by atoms with Crippen LogP contribution in [0.15, 0.2) is 12.1 Å². The average molecular weight is 249 g/mol. The van der Waals surface area contributed by atoms with Crippen LogP contribution in [-0.2, 0) is 6.42 Å². The molecule has 0 radical (unpaired) electrons. The van der Waals surface area contributed by atoms with Gasteiger partial charge in [0.05, 0.1) is 14.2 Å². The van der Waals surface area contributed by atoms with Crippen LogP contribution in [0.1, 0.15) is 36.8 Å². The molecule has 1 aliphatic heterocycles. The summed E-state index contributed by atoms with van der Waals surface area (Å²) in [7, 11) is 3.40. The second-order valence-electron chi connectivity index (χ2n) is 4.78. The molecule has 100 valence electrons. The van der Waals surface area contributed by atoms with Gasteiger partial charge in [-0.15, -0.1) is 0 Å². The zero-order valence-electron chi connectivity index (χ0n) is 11.6. The molecule has 3 heteroatoms. The van der Waals surface area contributed by atoms with Crippen molar-refractivity contribution in [1.82, 2.24) is 5.32 Å². The van der Waals surface area contributed by atoms with E-state index in [0.29, 0.717) is 5.92 Å². The lowest BCUT2D eigenvalue weighted by Crippen LogP contribution is -2.27. The molecular formula is C15H23NO2. The fourth-order valence-electron chi connectivity index (χ4n) is 2.76. The third-order valence-corrected chi connectivity index (χ3v) is 3.81. The van der Waals surface area contributed by atoms with E-state index in [2.05, 4.69) is 24.4 Å². The Bertz CT molecular complexity index is 398. The van der Waals surface area contributed by atoms with E-state index in [0.717, 1.165) is 31.0 Å². The fraction of sp³-hybridized carbons (Fsp3) is 0.600. The molecule has 1 saturated heterocycles. The van der Waals surface area contributed by atoms with E-state index in [9.17, 15) is 0 Å². The number of ether oxygens (including phenoxy) is 2. The number of methoxy groups -OCH3 is 2. The molecule has 1 N–H and O–H groups in total. The summed E-state index contributed by atoms with van der Waals surface area (Å²) in [6.45, 7) is 4.43. The molecule has 0 spiro atoms. The molecule has 3 nitrogen and oxygen atoms in total. The smallest absolute Gasteiger partial charge is 0.161 e. The minimum Gasteiger partial charge on any atom is -0.493 e. The molecule has 0 atom stereocenters. The number of benzene rings is 1. The topological polar surface area (TPSA) is 30.5 Å². The van der Waals surface area contributed by atoms with Crippen molar-refractivity contribution in [3.63, 3.8) is 0 Å². The van der Waals surface area contributed by atoms with Gasteiger partial charge in [-0.1, -0.05) is 6.92 Å². The van der Waals surface area contributed by atoms with E-state index in [1.165, 1.54) is 24.0 Å². The summed E-state index contributed by atoms with van der Waals surface area (Å²) < 4.78 is 10.8. The minimum atomic E-state index is 0.654. The van der Waals surface area contributed by atoms with Crippen LogP contribution in [0.25, 0.3) is 0 Å². The Balaban J connectivity index is 2.37. The summed E-state index contributed by atoms with van der Waals surface area (Å²) in [6.07, 6.45) is 3.46. The highest BCUT2D eigenvalue weighted by Gasteiger charge is 2.20. The van der Waals surface area contributed by atoms with Crippen LogP contribution in [0, 0.1) is 0 Å². The molecule has 1 fully saturated rings. The Morgan fingerprint density at radius 1 is 1.11 bits per heavy atom. The third kappa shape index (κ3) is 2.61. The maximum absolute atomic E-state index is 5.43. The fourth-order valence-corrected chi connectivity index (χ4v) is 2.76. The maximum atomic E-state index is 5.43. The second-order valence-corrected chi connectivity index (χ2v) is 4.78. The molecule has 0 amide bonds. The molecule has 18 heavy (non-hydrogen) atoms. The molecule has 0 aromatic heterocycles. The van der Waals surface area contributed by atoms with E-state index in [-0.39, 0.29) is 0 Å². The van der Waals surface area contributed by atoms with Crippen LogP contribution in [-0.4, -0.2) is 27.3 Å². The predicted molar refractivity (Wildman–Crippen MR) is 73.8 cm³/mol. The molecular weight excluding hydrogens is 226 g/mol. The van der Waals surface area contributed by atoms with Crippen molar-refractivity contribution in [1.29, 1.82) is 0 Å². The SMILES string of the molecule is CCc1cc(OC)c(OC)cc1C1CCNCC1. The Morgan fingerprint density at radius 2 is 1.72 bits per heavy atom. The molecule has 1 heterocycles. The Morgan fingerprint density at radius 3 is 2.28 bits per heavy atom. The summed E-state index contributed by atoms with van der Waals surface area (Å²) in [5.74, 6) is 2.34. The zero-order chi connectivity index (χ0) is 13.0. The molecule has 2 rings (SSSR count). The van der Waals surface area contributed by atoms with Crippen molar-refractivity contribution in [2.24, 2.45) is 0 Å². The van der Waals surface area contributed by atoms with Crippen molar-refractivity contribution in [2.45, 2.75) is 32.1 Å². The van der Waals surface area contributed by atoms with Crippen LogP contribution in [0.5, 0.6) is 11.5 Å². The quantitative estimate of drug-likeness (QED) is 0.890. The Kier molecular flexibility index (Phi) is 4.48. The van der Waals surface area contributed by atoms with E-state index < -0.39 is 0 Å². The van der Waals surface area contributed by atoms with Gasteiger partial charge in [0, 0.05) is 0 Å². The third-order valence-electron chi connectivity index (χ3n) is 3.81. The summed E-state index contributed by atoms with van der Waals surface area (Å²) in [5, 5.41) is 3.42. The zero-order valence-corrected chi connectivity index (χ0v) is 11.6. The summed E-state index contributed by atoms with van der Waals surface area (Å²) in [5.41, 5.74) is 2.83. The van der Waals surface area contributed by atoms with Crippen LogP contribution < -0.4 is 14.8 Å². The van der Waals surface area contributed by atoms with Crippen LogP contribution in [0.4, 0.5) is 0 Å². The first-order valence-corrected chi connectivity index (χ1v) is 6.75. The molecule has 1 aromatic rings. The number of hydrogen-bond acceptors (Lipinski definition) is 3. The number of piperidine rings is 1. The molecule has 1 aliphatic rings. The highest BCUT2D eigenvalue weighted by Crippen LogP contribution is 2.36. The van der Waals surface area contributed by atoms with Gasteiger partial charge in [0.15, 0.2) is 11.5 Å². The number of hydrogen-bond donors (Lipinski definition) is 1. The Hall–Kier alpha value is -1.22. The highest BCUT2D eigenvalue weighted by molar-refractivity contribution is 5.48. The van der Waals surface area contributed by atoms with Crippen molar-refractivity contribution >= 4 is 0 Å². The van der Waals surface area contributed by atoms with E-state index >= 15 is 0 Å². The average Bonchev–Trinajstić information content (AvgIpc) is 2.46. The largest absolute Gasteiger partial charge is 0.493 e. The first-order valence-electron chi connectivity index (χ1n) is 6.75. The van der Waals surface area contributed by atoms with Gasteiger partial charge in [-0.3, -0.25) is 0 Å². The molecule has 0 unspecified atom stereocenters. The van der Waals surface area contributed by atoms with Gasteiger partial charge in [-0.05, 0) is 61.5 Å². The molecule has 1 aromatic carbocycles. The van der Waals surface area contributed by atoms with Crippen molar-refractivity contribution in [2.75, 3.05) is 27.3 Å². The van der Waals surface area contributed by atoms with Gasteiger partial charge in [0.1, 0.15) is 0 Å². The number of rotatable bonds is 4. The minimum absolute atomic E-state index is 0.654. The first-order chi connectivity index (χ1) is 8.80. The maximum Gasteiger partial charge on any atom is 0.161 e. The normalized spacial score (nSPS) is 16.6. The summed E-state index contributed by atoms with van der Waals surface area (Å²) in [6, 6.07) is 4.31. The number of aryl methyl sites for hydroxylation is 1. The van der Waals surface area contributed by atoms with Crippen LogP contribution in [0.3, 0.4) is 0 Å². The van der Waals surface area contributed by atoms with Gasteiger partial charge in [-0.25, -0.2) is 0 Å². The lowest BCUT2D eigenvalue weighted by Gasteiger charge is -2.26. The standard InChI is InChI=1S/C15H23NO2/c1-4-11-9-14(17-2)15(18-3)10-13(11)12-5-7-16-8-6-12/h9-10,12,16H,4-8H2,1-3H3. The first kappa shape index (κ1) is 13.2. The second kappa shape index (κ2) is 6.10. The summed E-state index contributed by atoms with van der Waals surface area (Å²) in [4.78, 5) is 0. The van der Waals surface area contributed by atoms with Crippen molar-refractivity contribution in [3.8, 4) is 11.5 Å². The van der Waals surface area contributed by atoms with Gasteiger partial charge >= 0.3 is 0 Å². The lowest BCUT2D eigenvalue weighted by atomic mass is 9.86. The summed E-state index contributed by atoms with van der Waals surface area (Å²) >= 11 is 0. The Labute approximate surface area is 109 Å². The van der Waals surface area contributed by atoms with Gasteiger partial charge in [0.2, 0.25) is 0 Å². The monoisotopic (exact) mass is 249 g/mol. The molecule has 0 aliphatic carbocycles. The van der Waals surface area contributed by atoms with E-state index in [4.69, 9.17) is 9.47 Å². The van der Waals surface area contributed by atoms with E-state index in [1.54, 1.807) is 14.2 Å². The van der Waals surface area contributed by atoms with Crippen LogP contribution >= 0.6 is 0 Å². The molecule has 0 bridgehead atoms. The van der Waals surface area contributed by atoms with Crippen molar-refractivity contribution < 1.29 is 9.47 Å². The highest BCUT2D eigenvalue weighted by atomic mass is 16.5. The molecule has 0 saturated carbocycles. The van der Waals surface area contributed by atoms with Crippen LogP contribution in [0.2, 0.25) is 0 Å². The number of nitrogens with one attached hydrogen (secondary N) is 1. The van der Waals surface area contributed by atoms with Gasteiger partial charge in [-0.2, -0.15) is 0 Å². The van der Waals surface area contributed by atoms with Gasteiger partial charge in [0.25, 0.3) is 0 Å². The lowest BCUT2D eigenvalue weighted by molar-refractivity contribution is 0.353. The van der Waals surface area contributed by atoms with Gasteiger partial charge < -0.3 is 14.8 Å².